The Bertz CT molecular complexity index is 303. The van der Waals surface area contributed by atoms with E-state index in [2.05, 4.69) is 28.4 Å². The Morgan fingerprint density at radius 3 is 2.57 bits per heavy atom. The molecule has 0 fully saturated rings. The summed E-state index contributed by atoms with van der Waals surface area (Å²) in [6, 6.07) is 0. The Hall–Kier alpha value is -1.38. The van der Waals surface area contributed by atoms with Crippen LogP contribution < -0.4 is 4.90 Å². The van der Waals surface area contributed by atoms with E-state index in [1.165, 1.54) is 0 Å². The highest BCUT2D eigenvalue weighted by Gasteiger charge is 2.06. The van der Waals surface area contributed by atoms with E-state index < -0.39 is 0 Å². The van der Waals surface area contributed by atoms with Crippen LogP contribution in [0.4, 0.5) is 5.82 Å². The van der Waals surface area contributed by atoms with Crippen molar-refractivity contribution >= 4 is 5.82 Å². The Kier molecular flexibility index (Phi) is 3.63. The summed E-state index contributed by atoms with van der Waals surface area (Å²) in [6.45, 7) is 10.9. The second-order valence-electron chi connectivity index (χ2n) is 3.40. The van der Waals surface area contributed by atoms with Gasteiger partial charge >= 0.3 is 0 Å². The highest BCUT2D eigenvalue weighted by molar-refractivity contribution is 5.42. The zero-order valence-corrected chi connectivity index (χ0v) is 9.12. The van der Waals surface area contributed by atoms with Crippen LogP contribution in [0.25, 0.3) is 0 Å². The fourth-order valence-electron chi connectivity index (χ4n) is 1.25. The van der Waals surface area contributed by atoms with E-state index in [9.17, 15) is 0 Å². The van der Waals surface area contributed by atoms with Gasteiger partial charge < -0.3 is 4.90 Å². The number of aromatic nitrogens is 2. The third-order valence-corrected chi connectivity index (χ3v) is 1.95. The maximum Gasteiger partial charge on any atom is 0.151 e. The topological polar surface area (TPSA) is 29.0 Å². The lowest BCUT2D eigenvalue weighted by atomic mass is 10.3. The van der Waals surface area contributed by atoms with Gasteiger partial charge in [0.15, 0.2) is 5.82 Å². The van der Waals surface area contributed by atoms with Crippen molar-refractivity contribution in [3.05, 3.63) is 30.4 Å². The van der Waals surface area contributed by atoms with Gasteiger partial charge in [0.2, 0.25) is 0 Å². The average molecular weight is 191 g/mol. The molecule has 1 aromatic heterocycles. The van der Waals surface area contributed by atoms with Gasteiger partial charge in [0.25, 0.3) is 0 Å². The van der Waals surface area contributed by atoms with Gasteiger partial charge in [-0.25, -0.2) is 4.98 Å². The largest absolute Gasteiger partial charge is 0.330 e. The molecular formula is C11H17N3. The summed E-state index contributed by atoms with van der Waals surface area (Å²) in [7, 11) is 0. The number of hydrogen-bond acceptors (Lipinski definition) is 3. The number of aryl methyl sites for hydroxylation is 1. The minimum absolute atomic E-state index is 0.880. The molecule has 3 nitrogen and oxygen atoms in total. The van der Waals surface area contributed by atoms with E-state index >= 15 is 0 Å². The van der Waals surface area contributed by atoms with Crippen LogP contribution in [0.2, 0.25) is 0 Å². The fourth-order valence-corrected chi connectivity index (χ4v) is 1.25. The van der Waals surface area contributed by atoms with Crippen LogP contribution >= 0.6 is 0 Å². The lowest BCUT2D eigenvalue weighted by Gasteiger charge is -2.22. The van der Waals surface area contributed by atoms with Crippen molar-refractivity contribution in [2.24, 2.45) is 0 Å². The zero-order valence-electron chi connectivity index (χ0n) is 9.12. The first-order chi connectivity index (χ1) is 6.65. The van der Waals surface area contributed by atoms with Crippen LogP contribution in [-0.2, 0) is 0 Å². The van der Waals surface area contributed by atoms with E-state index in [0.29, 0.717) is 0 Å². The summed E-state index contributed by atoms with van der Waals surface area (Å²) in [5.41, 5.74) is 1.94. The average Bonchev–Trinajstić information content (AvgIpc) is 2.15. The van der Waals surface area contributed by atoms with Crippen LogP contribution in [-0.4, -0.2) is 16.5 Å². The van der Waals surface area contributed by atoms with Gasteiger partial charge in [0, 0.05) is 12.2 Å². The molecular weight excluding hydrogens is 174 g/mol. The SMILES string of the molecule is C=C(C)N(CCC)c1cnc(C)cn1. The van der Waals surface area contributed by atoms with E-state index in [-0.39, 0.29) is 0 Å². The molecule has 3 heteroatoms. The molecule has 0 aliphatic rings. The monoisotopic (exact) mass is 191 g/mol. The van der Waals surface area contributed by atoms with Gasteiger partial charge in [-0.15, -0.1) is 0 Å². The van der Waals surface area contributed by atoms with Crippen molar-refractivity contribution in [3.63, 3.8) is 0 Å². The van der Waals surface area contributed by atoms with Gasteiger partial charge in [0.1, 0.15) is 0 Å². The number of anilines is 1. The fraction of sp³-hybridized carbons (Fsp3) is 0.455. The number of hydrogen-bond donors (Lipinski definition) is 0. The van der Waals surface area contributed by atoms with Gasteiger partial charge in [-0.2, -0.15) is 0 Å². The van der Waals surface area contributed by atoms with Gasteiger partial charge in [-0.1, -0.05) is 13.5 Å². The lowest BCUT2D eigenvalue weighted by molar-refractivity contribution is 0.830. The van der Waals surface area contributed by atoms with Gasteiger partial charge in [0.05, 0.1) is 18.1 Å². The molecule has 0 atom stereocenters. The molecule has 0 spiro atoms. The zero-order chi connectivity index (χ0) is 10.6. The maximum absolute atomic E-state index is 4.32. The van der Waals surface area contributed by atoms with Crippen LogP contribution in [0.3, 0.4) is 0 Å². The summed E-state index contributed by atoms with van der Waals surface area (Å²) < 4.78 is 0. The van der Waals surface area contributed by atoms with E-state index in [4.69, 9.17) is 0 Å². The molecule has 1 aromatic rings. The second kappa shape index (κ2) is 4.74. The molecule has 0 amide bonds. The Balaban J connectivity index is 2.87. The van der Waals surface area contributed by atoms with Crippen molar-refractivity contribution < 1.29 is 0 Å². The van der Waals surface area contributed by atoms with Gasteiger partial charge in [-0.3, -0.25) is 4.98 Å². The molecule has 0 unspecified atom stereocenters. The molecule has 1 rings (SSSR count). The van der Waals surface area contributed by atoms with E-state index in [1.807, 2.05) is 13.8 Å². The third kappa shape index (κ3) is 2.55. The predicted molar refractivity (Wildman–Crippen MR) is 59.2 cm³/mol. The summed E-state index contributed by atoms with van der Waals surface area (Å²) in [4.78, 5) is 10.6. The summed E-state index contributed by atoms with van der Waals surface area (Å²) >= 11 is 0. The molecule has 0 radical (unpaired) electrons. The minimum atomic E-state index is 0.880. The summed E-state index contributed by atoms with van der Waals surface area (Å²) in [5, 5.41) is 0. The molecule has 0 saturated carbocycles. The van der Waals surface area contributed by atoms with Crippen LogP contribution in [0.15, 0.2) is 24.7 Å². The van der Waals surface area contributed by atoms with Crippen molar-refractivity contribution in [1.29, 1.82) is 0 Å². The van der Waals surface area contributed by atoms with E-state index in [0.717, 1.165) is 30.2 Å². The molecule has 14 heavy (non-hydrogen) atoms. The number of rotatable bonds is 4. The second-order valence-corrected chi connectivity index (χ2v) is 3.40. The normalized spacial score (nSPS) is 9.93. The van der Waals surface area contributed by atoms with Crippen molar-refractivity contribution in [3.8, 4) is 0 Å². The standard InChI is InChI=1S/C11H17N3/c1-5-6-14(9(2)3)11-8-12-10(4)7-13-11/h7-8H,2,5-6H2,1,3-4H3. The predicted octanol–water partition coefficient (Wildman–Crippen LogP) is 2.54. The molecule has 76 valence electrons. The van der Waals surface area contributed by atoms with Crippen molar-refractivity contribution in [1.82, 2.24) is 9.97 Å². The van der Waals surface area contributed by atoms with Crippen molar-refractivity contribution in [2.45, 2.75) is 27.2 Å². The van der Waals surface area contributed by atoms with Gasteiger partial charge in [-0.05, 0) is 20.3 Å². The molecule has 0 aliphatic carbocycles. The first kappa shape index (κ1) is 10.7. The quantitative estimate of drug-likeness (QED) is 0.732. The van der Waals surface area contributed by atoms with Crippen LogP contribution in [0, 0.1) is 6.92 Å². The summed E-state index contributed by atoms with van der Waals surface area (Å²) in [5.74, 6) is 0.880. The van der Waals surface area contributed by atoms with Crippen LogP contribution in [0.1, 0.15) is 26.0 Å². The highest BCUT2D eigenvalue weighted by atomic mass is 15.2. The van der Waals surface area contributed by atoms with E-state index in [1.54, 1.807) is 12.4 Å². The highest BCUT2D eigenvalue weighted by Crippen LogP contribution is 2.14. The Labute approximate surface area is 85.5 Å². The first-order valence-electron chi connectivity index (χ1n) is 4.87. The number of allylic oxidation sites excluding steroid dienone is 1. The molecule has 0 aromatic carbocycles. The molecule has 0 saturated heterocycles. The minimum Gasteiger partial charge on any atom is -0.330 e. The van der Waals surface area contributed by atoms with Crippen molar-refractivity contribution in [2.75, 3.05) is 11.4 Å². The summed E-state index contributed by atoms with van der Waals surface area (Å²) in [6.07, 6.45) is 4.64. The number of nitrogens with zero attached hydrogens (tertiary/aromatic N) is 3. The Morgan fingerprint density at radius 1 is 1.43 bits per heavy atom. The molecule has 0 bridgehead atoms. The third-order valence-electron chi connectivity index (χ3n) is 1.95. The smallest absolute Gasteiger partial charge is 0.151 e. The molecule has 1 heterocycles. The van der Waals surface area contributed by atoms with Crippen LogP contribution in [0.5, 0.6) is 0 Å². The Morgan fingerprint density at radius 2 is 2.14 bits per heavy atom. The molecule has 0 N–H and O–H groups in total. The first-order valence-corrected chi connectivity index (χ1v) is 4.87. The maximum atomic E-state index is 4.32. The lowest BCUT2D eigenvalue weighted by Crippen LogP contribution is -2.22. The molecule has 0 aliphatic heterocycles.